The number of phenolic OH excluding ortho intramolecular Hbond substituents is 1. The van der Waals surface area contributed by atoms with Crippen LogP contribution in [0.3, 0.4) is 0 Å². The van der Waals surface area contributed by atoms with Crippen molar-refractivity contribution in [3.05, 3.63) is 29.2 Å². The summed E-state index contributed by atoms with van der Waals surface area (Å²) < 4.78 is 11.2. The highest BCUT2D eigenvalue weighted by atomic mass is 16.4. The molecule has 98 valence electrons. The monoisotopic (exact) mass is 258 g/mol. The molecule has 3 aromatic rings. The van der Waals surface area contributed by atoms with Gasteiger partial charge in [0.1, 0.15) is 22.9 Å². The molecule has 4 heteroatoms. The fourth-order valence-corrected chi connectivity index (χ4v) is 2.50. The van der Waals surface area contributed by atoms with Crippen molar-refractivity contribution in [2.45, 2.75) is 27.2 Å². The molecule has 0 spiro atoms. The first-order valence-corrected chi connectivity index (χ1v) is 6.11. The van der Waals surface area contributed by atoms with Gasteiger partial charge >= 0.3 is 0 Å². The lowest BCUT2D eigenvalue weighted by molar-refractivity contribution is -0.116. The number of Topliss-reactive ketones (excluding diaryl/α,β-unsaturated/α-hetero) is 1. The average Bonchev–Trinajstić information content (AvgIpc) is 2.87. The van der Waals surface area contributed by atoms with Crippen LogP contribution in [0.15, 0.2) is 21.0 Å². The summed E-state index contributed by atoms with van der Waals surface area (Å²) in [6, 6.07) is 3.58. The van der Waals surface area contributed by atoms with Crippen LogP contribution in [0.2, 0.25) is 0 Å². The molecule has 0 unspecified atom stereocenters. The molecule has 0 aliphatic carbocycles. The number of hydrogen-bond donors (Lipinski definition) is 1. The van der Waals surface area contributed by atoms with Gasteiger partial charge in [0.25, 0.3) is 0 Å². The third kappa shape index (κ3) is 1.71. The molecule has 0 aliphatic rings. The molecule has 1 aromatic carbocycles. The number of ketones is 1. The van der Waals surface area contributed by atoms with E-state index >= 15 is 0 Å². The second-order valence-corrected chi connectivity index (χ2v) is 4.91. The number of furan rings is 2. The van der Waals surface area contributed by atoms with Gasteiger partial charge in [-0.15, -0.1) is 0 Å². The highest BCUT2D eigenvalue weighted by Gasteiger charge is 2.20. The van der Waals surface area contributed by atoms with Crippen LogP contribution in [0, 0.1) is 13.8 Å². The first-order chi connectivity index (χ1) is 8.97. The van der Waals surface area contributed by atoms with E-state index in [1.807, 2.05) is 19.9 Å². The number of aromatic hydroxyl groups is 1. The molecule has 3 rings (SSSR count). The van der Waals surface area contributed by atoms with Crippen molar-refractivity contribution in [1.29, 1.82) is 0 Å². The Labute approximate surface area is 109 Å². The van der Waals surface area contributed by atoms with Crippen molar-refractivity contribution in [3.8, 4) is 5.75 Å². The molecule has 0 fully saturated rings. The molecule has 4 nitrogen and oxygen atoms in total. The molecule has 0 amide bonds. The molecular weight excluding hydrogens is 244 g/mol. The lowest BCUT2D eigenvalue weighted by Crippen LogP contribution is -1.97. The Hall–Kier alpha value is -2.23. The van der Waals surface area contributed by atoms with Crippen molar-refractivity contribution in [2.24, 2.45) is 0 Å². The maximum Gasteiger partial charge on any atom is 0.177 e. The Balaban J connectivity index is 2.50. The summed E-state index contributed by atoms with van der Waals surface area (Å²) in [6.07, 6.45) is 0.263. The lowest BCUT2D eigenvalue weighted by atomic mass is 10.0. The molecule has 0 atom stereocenters. The summed E-state index contributed by atoms with van der Waals surface area (Å²) in [7, 11) is 0. The van der Waals surface area contributed by atoms with Gasteiger partial charge in [-0.05, 0) is 32.9 Å². The maximum absolute atomic E-state index is 11.5. The van der Waals surface area contributed by atoms with Crippen LogP contribution in [0.25, 0.3) is 21.9 Å². The van der Waals surface area contributed by atoms with Crippen molar-refractivity contribution in [1.82, 2.24) is 0 Å². The van der Waals surface area contributed by atoms with E-state index in [4.69, 9.17) is 8.83 Å². The van der Waals surface area contributed by atoms with Gasteiger partial charge in [0.2, 0.25) is 0 Å². The third-order valence-electron chi connectivity index (χ3n) is 3.21. The minimum absolute atomic E-state index is 0.0428. The summed E-state index contributed by atoms with van der Waals surface area (Å²) in [5.41, 5.74) is 1.76. The van der Waals surface area contributed by atoms with Crippen molar-refractivity contribution >= 4 is 27.7 Å². The van der Waals surface area contributed by atoms with E-state index in [1.165, 1.54) is 6.92 Å². The molecule has 1 N–H and O–H groups in total. The minimum Gasteiger partial charge on any atom is -0.504 e. The maximum atomic E-state index is 11.5. The topological polar surface area (TPSA) is 63.6 Å². The van der Waals surface area contributed by atoms with Gasteiger partial charge in [-0.25, -0.2) is 0 Å². The summed E-state index contributed by atoms with van der Waals surface area (Å²) in [5, 5.41) is 11.6. The van der Waals surface area contributed by atoms with Gasteiger partial charge < -0.3 is 13.9 Å². The SMILES string of the molecule is CC(=O)Cc1c2cc(C)oc2c(O)c2cc(C)oc12. The van der Waals surface area contributed by atoms with E-state index in [1.54, 1.807) is 6.07 Å². The van der Waals surface area contributed by atoms with Gasteiger partial charge in [-0.2, -0.15) is 0 Å². The molecular formula is C15H14O4. The smallest absolute Gasteiger partial charge is 0.177 e. The fraction of sp³-hybridized carbons (Fsp3) is 0.267. The summed E-state index contributed by atoms with van der Waals surface area (Å²) in [4.78, 5) is 11.5. The average molecular weight is 258 g/mol. The highest BCUT2D eigenvalue weighted by molar-refractivity contribution is 6.06. The van der Waals surface area contributed by atoms with E-state index < -0.39 is 0 Å². The molecule has 19 heavy (non-hydrogen) atoms. The predicted molar refractivity (Wildman–Crippen MR) is 71.5 cm³/mol. The zero-order valence-electron chi connectivity index (χ0n) is 11.0. The second-order valence-electron chi connectivity index (χ2n) is 4.91. The number of hydrogen-bond acceptors (Lipinski definition) is 4. The standard InChI is InChI=1S/C15H14O4/c1-7(16)4-10-11-5-8(2)19-15(11)13(17)12-6-9(3)18-14(10)12/h5-6,17H,4H2,1-3H3. The Morgan fingerprint density at radius 1 is 1.11 bits per heavy atom. The Kier molecular flexibility index (Phi) is 2.42. The molecule has 0 bridgehead atoms. The first-order valence-electron chi connectivity index (χ1n) is 6.11. The van der Waals surface area contributed by atoms with Crippen molar-refractivity contribution in [2.75, 3.05) is 0 Å². The van der Waals surface area contributed by atoms with Crippen molar-refractivity contribution < 1.29 is 18.7 Å². The number of rotatable bonds is 2. The second kappa shape index (κ2) is 3.88. The highest BCUT2D eigenvalue weighted by Crippen LogP contribution is 2.40. The zero-order valence-corrected chi connectivity index (χ0v) is 11.0. The van der Waals surface area contributed by atoms with Crippen LogP contribution in [0.1, 0.15) is 24.0 Å². The van der Waals surface area contributed by atoms with E-state index in [-0.39, 0.29) is 18.0 Å². The Morgan fingerprint density at radius 3 is 2.32 bits per heavy atom. The van der Waals surface area contributed by atoms with Crippen molar-refractivity contribution in [3.63, 3.8) is 0 Å². The predicted octanol–water partition coefficient (Wildman–Crippen LogP) is 3.63. The Bertz CT molecular complexity index is 747. The summed E-state index contributed by atoms with van der Waals surface area (Å²) >= 11 is 0. The molecule has 0 saturated heterocycles. The molecule has 0 aliphatic heterocycles. The van der Waals surface area contributed by atoms with Gasteiger partial charge in [0.15, 0.2) is 11.3 Å². The van der Waals surface area contributed by atoms with Crippen LogP contribution in [0.4, 0.5) is 0 Å². The normalized spacial score (nSPS) is 11.5. The van der Waals surface area contributed by atoms with Gasteiger partial charge in [0.05, 0.1) is 5.39 Å². The van der Waals surface area contributed by atoms with Crippen LogP contribution in [-0.2, 0) is 11.2 Å². The van der Waals surface area contributed by atoms with Gasteiger partial charge in [-0.1, -0.05) is 0 Å². The molecule has 2 heterocycles. The Morgan fingerprint density at radius 2 is 1.68 bits per heavy atom. The quantitative estimate of drug-likeness (QED) is 0.762. The number of aryl methyl sites for hydroxylation is 2. The summed E-state index contributed by atoms with van der Waals surface area (Å²) in [5.74, 6) is 1.50. The number of benzene rings is 1. The lowest BCUT2D eigenvalue weighted by Gasteiger charge is -2.04. The third-order valence-corrected chi connectivity index (χ3v) is 3.21. The largest absolute Gasteiger partial charge is 0.504 e. The van der Waals surface area contributed by atoms with E-state index in [2.05, 4.69) is 0 Å². The first kappa shape index (κ1) is 11.8. The number of carbonyl (C=O) groups excluding carboxylic acids is 1. The van der Waals surface area contributed by atoms with Gasteiger partial charge in [-0.3, -0.25) is 4.79 Å². The fourth-order valence-electron chi connectivity index (χ4n) is 2.50. The zero-order chi connectivity index (χ0) is 13.7. The number of carbonyl (C=O) groups is 1. The van der Waals surface area contributed by atoms with Crippen LogP contribution in [-0.4, -0.2) is 10.9 Å². The molecule has 0 radical (unpaired) electrons. The number of phenols is 1. The minimum atomic E-state index is 0.0428. The van der Waals surface area contributed by atoms with Crippen LogP contribution < -0.4 is 0 Å². The van der Waals surface area contributed by atoms with Gasteiger partial charge in [0, 0.05) is 17.4 Å². The van der Waals surface area contributed by atoms with E-state index in [9.17, 15) is 9.90 Å². The van der Waals surface area contributed by atoms with E-state index in [0.29, 0.717) is 28.1 Å². The summed E-state index contributed by atoms with van der Waals surface area (Å²) in [6.45, 7) is 5.15. The van der Waals surface area contributed by atoms with Crippen LogP contribution >= 0.6 is 0 Å². The van der Waals surface area contributed by atoms with E-state index in [0.717, 1.165) is 10.9 Å². The van der Waals surface area contributed by atoms with Crippen LogP contribution in [0.5, 0.6) is 5.75 Å². The molecule has 2 aromatic heterocycles. The molecule has 0 saturated carbocycles. The number of fused-ring (bicyclic) bond motifs is 2.